The molecule has 0 bridgehead atoms. The number of carbonyl (C=O) groups excluding carboxylic acids is 1. The van der Waals surface area contributed by atoms with Gasteiger partial charge in [0.2, 0.25) is 11.7 Å². The molecule has 0 spiro atoms. The number of aromatic nitrogens is 3. The lowest BCUT2D eigenvalue weighted by Gasteiger charge is -2.20. The first-order valence-corrected chi connectivity index (χ1v) is 10.6. The molecule has 0 unspecified atom stereocenters. The molecule has 7 heteroatoms. The van der Waals surface area contributed by atoms with Gasteiger partial charge in [-0.15, -0.1) is 10.2 Å². The first-order valence-electron chi connectivity index (χ1n) is 9.64. The minimum Gasteiger partial charge on any atom is -0.461 e. The fraction of sp³-hybridized carbons (Fsp3) is 0.381. The molecule has 0 aliphatic heterocycles. The molecule has 0 saturated heterocycles. The fourth-order valence-electron chi connectivity index (χ4n) is 2.92. The van der Waals surface area contributed by atoms with E-state index in [2.05, 4.69) is 29.3 Å². The van der Waals surface area contributed by atoms with Crippen LogP contribution in [0.1, 0.15) is 32.3 Å². The predicted molar refractivity (Wildman–Crippen MR) is 111 cm³/mol. The van der Waals surface area contributed by atoms with Crippen molar-refractivity contribution in [3.8, 4) is 11.6 Å². The highest BCUT2D eigenvalue weighted by Crippen LogP contribution is 2.25. The van der Waals surface area contributed by atoms with Gasteiger partial charge in [-0.3, -0.25) is 9.36 Å². The van der Waals surface area contributed by atoms with Gasteiger partial charge in [0.15, 0.2) is 10.9 Å². The second kappa shape index (κ2) is 10.1. The Morgan fingerprint density at radius 3 is 2.64 bits per heavy atom. The third kappa shape index (κ3) is 5.04. The van der Waals surface area contributed by atoms with Crippen LogP contribution in [0.3, 0.4) is 0 Å². The molecule has 0 fully saturated rings. The monoisotopic (exact) mass is 398 g/mol. The first kappa shape index (κ1) is 20.2. The number of benzene rings is 1. The van der Waals surface area contributed by atoms with Crippen molar-refractivity contribution in [2.24, 2.45) is 0 Å². The van der Waals surface area contributed by atoms with Crippen molar-refractivity contribution >= 4 is 17.7 Å². The van der Waals surface area contributed by atoms with Crippen LogP contribution in [-0.4, -0.2) is 44.4 Å². The summed E-state index contributed by atoms with van der Waals surface area (Å²) in [5, 5.41) is 9.37. The van der Waals surface area contributed by atoms with Crippen LogP contribution < -0.4 is 0 Å². The number of hydrogen-bond donors (Lipinski definition) is 0. The largest absolute Gasteiger partial charge is 0.461 e. The van der Waals surface area contributed by atoms with E-state index in [0.29, 0.717) is 23.9 Å². The number of hydrogen-bond acceptors (Lipinski definition) is 5. The average Bonchev–Trinajstić information content (AvgIpc) is 3.38. The topological polar surface area (TPSA) is 64.2 Å². The summed E-state index contributed by atoms with van der Waals surface area (Å²) in [4.78, 5) is 14.5. The smallest absolute Gasteiger partial charge is 0.233 e. The number of carbonyl (C=O) groups is 1. The molecule has 0 aliphatic carbocycles. The van der Waals surface area contributed by atoms with Gasteiger partial charge < -0.3 is 9.32 Å². The summed E-state index contributed by atoms with van der Waals surface area (Å²) in [6.07, 6.45) is 3.73. The van der Waals surface area contributed by atoms with Gasteiger partial charge in [-0.2, -0.15) is 0 Å². The summed E-state index contributed by atoms with van der Waals surface area (Å²) < 4.78 is 7.54. The molecule has 148 valence electrons. The van der Waals surface area contributed by atoms with Gasteiger partial charge in [-0.05, 0) is 31.0 Å². The highest BCUT2D eigenvalue weighted by atomic mass is 32.2. The van der Waals surface area contributed by atoms with E-state index in [9.17, 15) is 4.79 Å². The Morgan fingerprint density at radius 1 is 1.14 bits per heavy atom. The molecule has 1 amide bonds. The SMILES string of the molecule is CCCCN(CC)C(=O)CSc1nnc(-c2ccco2)n1Cc1ccccc1. The van der Waals surface area contributed by atoms with Gasteiger partial charge in [0.1, 0.15) is 0 Å². The quantitative estimate of drug-likeness (QED) is 0.476. The van der Waals surface area contributed by atoms with Crippen molar-refractivity contribution in [2.75, 3.05) is 18.8 Å². The van der Waals surface area contributed by atoms with E-state index >= 15 is 0 Å². The molecule has 2 heterocycles. The molecular formula is C21H26N4O2S. The zero-order chi connectivity index (χ0) is 19.8. The Balaban J connectivity index is 1.78. The standard InChI is InChI=1S/C21H26N4O2S/c1-3-5-13-24(4-2)19(26)16-28-21-23-22-20(18-12-9-14-27-18)25(21)15-17-10-7-6-8-11-17/h6-12,14H,3-5,13,15-16H2,1-2H3. The Morgan fingerprint density at radius 2 is 1.96 bits per heavy atom. The lowest BCUT2D eigenvalue weighted by atomic mass is 10.2. The van der Waals surface area contributed by atoms with Crippen LogP contribution in [0.15, 0.2) is 58.3 Å². The Labute approximate surface area is 169 Å². The van der Waals surface area contributed by atoms with E-state index in [0.717, 1.165) is 36.7 Å². The fourth-order valence-corrected chi connectivity index (χ4v) is 3.76. The summed E-state index contributed by atoms with van der Waals surface area (Å²) in [5.41, 5.74) is 1.14. The second-order valence-corrected chi connectivity index (χ2v) is 7.41. The predicted octanol–water partition coefficient (Wildman–Crippen LogP) is 4.33. The lowest BCUT2D eigenvalue weighted by Crippen LogP contribution is -2.33. The molecule has 1 aromatic carbocycles. The summed E-state index contributed by atoms with van der Waals surface area (Å²) in [5.74, 6) is 1.82. The molecule has 6 nitrogen and oxygen atoms in total. The number of furan rings is 1. The van der Waals surface area contributed by atoms with E-state index in [4.69, 9.17) is 4.42 Å². The Bertz CT molecular complexity index is 862. The van der Waals surface area contributed by atoms with Gasteiger partial charge in [-0.1, -0.05) is 55.4 Å². The van der Waals surface area contributed by atoms with Gasteiger partial charge in [-0.25, -0.2) is 0 Å². The molecule has 0 radical (unpaired) electrons. The molecule has 2 aromatic heterocycles. The van der Waals surface area contributed by atoms with Crippen molar-refractivity contribution < 1.29 is 9.21 Å². The van der Waals surface area contributed by atoms with Crippen LogP contribution in [0.5, 0.6) is 0 Å². The average molecular weight is 399 g/mol. The number of amides is 1. The normalized spacial score (nSPS) is 10.9. The van der Waals surface area contributed by atoms with E-state index in [-0.39, 0.29) is 5.91 Å². The Kier molecular flexibility index (Phi) is 7.31. The van der Waals surface area contributed by atoms with Crippen LogP contribution in [0.4, 0.5) is 0 Å². The summed E-state index contributed by atoms with van der Waals surface area (Å²) in [6.45, 7) is 6.31. The van der Waals surface area contributed by atoms with Crippen LogP contribution >= 0.6 is 11.8 Å². The highest BCUT2D eigenvalue weighted by molar-refractivity contribution is 7.99. The van der Waals surface area contributed by atoms with Crippen molar-refractivity contribution in [1.82, 2.24) is 19.7 Å². The van der Waals surface area contributed by atoms with Crippen molar-refractivity contribution in [1.29, 1.82) is 0 Å². The molecule has 3 aromatic rings. The van der Waals surface area contributed by atoms with Crippen LogP contribution in [0, 0.1) is 0 Å². The van der Waals surface area contributed by atoms with E-state index in [1.165, 1.54) is 11.8 Å². The zero-order valence-electron chi connectivity index (χ0n) is 16.4. The third-order valence-electron chi connectivity index (χ3n) is 4.48. The minimum atomic E-state index is 0.134. The van der Waals surface area contributed by atoms with Gasteiger partial charge in [0, 0.05) is 13.1 Å². The summed E-state index contributed by atoms with van der Waals surface area (Å²) in [6, 6.07) is 13.8. The van der Waals surface area contributed by atoms with E-state index in [1.807, 2.05) is 46.7 Å². The molecule has 0 aliphatic rings. The van der Waals surface area contributed by atoms with E-state index in [1.54, 1.807) is 6.26 Å². The number of unbranched alkanes of at least 4 members (excludes halogenated alkanes) is 1. The number of thioether (sulfide) groups is 1. The summed E-state index contributed by atoms with van der Waals surface area (Å²) >= 11 is 1.43. The minimum absolute atomic E-state index is 0.134. The van der Waals surface area contributed by atoms with Crippen LogP contribution in [0.25, 0.3) is 11.6 Å². The maximum atomic E-state index is 12.6. The molecule has 3 rings (SSSR count). The van der Waals surface area contributed by atoms with Gasteiger partial charge >= 0.3 is 0 Å². The van der Waals surface area contributed by atoms with Crippen molar-refractivity contribution in [2.45, 2.75) is 38.4 Å². The third-order valence-corrected chi connectivity index (χ3v) is 5.43. The zero-order valence-corrected chi connectivity index (χ0v) is 17.2. The molecular weight excluding hydrogens is 372 g/mol. The number of nitrogens with zero attached hydrogens (tertiary/aromatic N) is 4. The maximum absolute atomic E-state index is 12.6. The molecule has 28 heavy (non-hydrogen) atoms. The van der Waals surface area contributed by atoms with Crippen molar-refractivity contribution in [3.05, 3.63) is 54.3 Å². The maximum Gasteiger partial charge on any atom is 0.233 e. The summed E-state index contributed by atoms with van der Waals surface area (Å²) in [7, 11) is 0. The highest BCUT2D eigenvalue weighted by Gasteiger charge is 2.19. The van der Waals surface area contributed by atoms with Gasteiger partial charge in [0.05, 0.1) is 18.6 Å². The first-order chi connectivity index (χ1) is 13.7. The second-order valence-electron chi connectivity index (χ2n) is 6.47. The van der Waals surface area contributed by atoms with Crippen LogP contribution in [-0.2, 0) is 11.3 Å². The lowest BCUT2D eigenvalue weighted by molar-refractivity contribution is -0.128. The molecule has 0 N–H and O–H groups in total. The van der Waals surface area contributed by atoms with E-state index < -0.39 is 0 Å². The number of rotatable bonds is 10. The van der Waals surface area contributed by atoms with Crippen molar-refractivity contribution in [3.63, 3.8) is 0 Å². The van der Waals surface area contributed by atoms with Gasteiger partial charge in [0.25, 0.3) is 0 Å². The molecule has 0 atom stereocenters. The van der Waals surface area contributed by atoms with Crippen LogP contribution in [0.2, 0.25) is 0 Å². The molecule has 0 saturated carbocycles. The Hall–Kier alpha value is -2.54.